The number of hydrogen-bond acceptors (Lipinski definition) is 9. The van der Waals surface area contributed by atoms with Crippen LogP contribution in [-0.4, -0.2) is 105 Å². The number of ether oxygens (including phenoxy) is 1. The van der Waals surface area contributed by atoms with Crippen molar-refractivity contribution in [1.29, 1.82) is 0 Å². The number of nitrogens with zero attached hydrogens (tertiary/aromatic N) is 3. The van der Waals surface area contributed by atoms with E-state index in [1.807, 2.05) is 0 Å². The van der Waals surface area contributed by atoms with Crippen molar-refractivity contribution in [2.45, 2.75) is 43.1 Å². The van der Waals surface area contributed by atoms with Crippen LogP contribution in [0.15, 0.2) is 61.1 Å². The summed E-state index contributed by atoms with van der Waals surface area (Å²) in [7, 11) is 0. The first-order valence-electron chi connectivity index (χ1n) is 14.6. The van der Waals surface area contributed by atoms with Crippen LogP contribution in [0, 0.1) is 0 Å². The number of aliphatic carboxylic acids is 1. The summed E-state index contributed by atoms with van der Waals surface area (Å²) < 4.78 is 7.61. The van der Waals surface area contributed by atoms with Crippen LogP contribution < -0.4 is 0 Å². The number of nitrogens with one attached hydrogen (secondary N) is 2. The minimum absolute atomic E-state index is 0.00680. The molecule has 3 aromatic carbocycles. The molecule has 0 aliphatic carbocycles. The number of amides is 2. The molecule has 0 unspecified atom stereocenters. The molecule has 234 valence electrons. The number of carboxylic acid groups (broad SMARTS) is 1. The van der Waals surface area contributed by atoms with Crippen molar-refractivity contribution in [3.8, 4) is 0 Å². The Morgan fingerprint density at radius 1 is 0.935 bits per heavy atom. The third kappa shape index (κ3) is 3.76. The van der Waals surface area contributed by atoms with Crippen molar-refractivity contribution in [2.24, 2.45) is 0 Å². The Labute approximate surface area is 258 Å². The molecule has 1 fully saturated rings. The van der Waals surface area contributed by atoms with Crippen LogP contribution in [0.25, 0.3) is 43.6 Å². The SMILES string of the molecule is O=C(O)[C@H](Cc1cnc[nH]1)N1C(=O)c2c(c3c4ccccc4n([C@@H]4O[C@H](CO)[C@@H](O)[C@H](O)[C@H]4O)c3c3[nH]c4ccccc4c23)C1=O. The van der Waals surface area contributed by atoms with Gasteiger partial charge >= 0.3 is 5.97 Å². The maximum Gasteiger partial charge on any atom is 0.327 e. The van der Waals surface area contributed by atoms with E-state index < -0.39 is 61.1 Å². The van der Waals surface area contributed by atoms with Crippen LogP contribution in [0.5, 0.6) is 0 Å². The zero-order valence-corrected chi connectivity index (χ0v) is 23.9. The molecule has 46 heavy (non-hydrogen) atoms. The molecule has 0 radical (unpaired) electrons. The third-order valence-corrected chi connectivity index (χ3v) is 9.16. The smallest absolute Gasteiger partial charge is 0.327 e. The molecular weight excluding hydrogens is 598 g/mol. The van der Waals surface area contributed by atoms with Crippen LogP contribution in [0.4, 0.5) is 0 Å². The number of benzene rings is 3. The van der Waals surface area contributed by atoms with Gasteiger partial charge in [-0.1, -0.05) is 36.4 Å². The highest BCUT2D eigenvalue weighted by atomic mass is 16.6. The number of fused-ring (bicyclic) bond motifs is 10. The van der Waals surface area contributed by atoms with Gasteiger partial charge in [-0.2, -0.15) is 0 Å². The van der Waals surface area contributed by atoms with E-state index in [1.165, 1.54) is 12.5 Å². The van der Waals surface area contributed by atoms with Gasteiger partial charge in [0.05, 0.1) is 40.6 Å². The van der Waals surface area contributed by atoms with Crippen LogP contribution >= 0.6 is 0 Å². The first-order chi connectivity index (χ1) is 22.2. The molecule has 0 saturated carbocycles. The van der Waals surface area contributed by atoms with Crippen LogP contribution in [0.2, 0.25) is 0 Å². The second-order valence-electron chi connectivity index (χ2n) is 11.6. The minimum atomic E-state index is -1.68. The number of carbonyl (C=O) groups excluding carboxylic acids is 2. The third-order valence-electron chi connectivity index (χ3n) is 9.16. The fourth-order valence-corrected chi connectivity index (χ4v) is 7.09. The molecule has 6 aromatic rings. The van der Waals surface area contributed by atoms with Gasteiger partial charge in [0.2, 0.25) is 0 Å². The predicted octanol–water partition coefficient (Wildman–Crippen LogP) is 1.42. The zero-order chi connectivity index (χ0) is 32.0. The van der Waals surface area contributed by atoms with E-state index in [4.69, 9.17) is 4.74 Å². The summed E-state index contributed by atoms with van der Waals surface area (Å²) in [5.41, 5.74) is 2.30. The number of aliphatic hydroxyl groups excluding tert-OH is 4. The van der Waals surface area contributed by atoms with Gasteiger partial charge in [0.1, 0.15) is 30.5 Å². The summed E-state index contributed by atoms with van der Waals surface area (Å²) in [6, 6.07) is 12.5. The number of para-hydroxylation sites is 2. The highest BCUT2D eigenvalue weighted by molar-refractivity contribution is 6.39. The molecule has 5 heterocycles. The predicted molar refractivity (Wildman–Crippen MR) is 162 cm³/mol. The maximum atomic E-state index is 14.5. The normalized spacial score (nSPS) is 24.1. The number of rotatable bonds is 6. The molecular formula is C32H27N5O9. The lowest BCUT2D eigenvalue weighted by Gasteiger charge is -2.41. The van der Waals surface area contributed by atoms with E-state index in [1.54, 1.807) is 53.1 Å². The number of aliphatic hydroxyl groups is 4. The van der Waals surface area contributed by atoms with E-state index in [9.17, 15) is 39.9 Å². The van der Waals surface area contributed by atoms with Crippen molar-refractivity contribution in [2.75, 3.05) is 6.61 Å². The second kappa shape index (κ2) is 10.2. The average molecular weight is 626 g/mol. The number of H-pyrrole nitrogens is 2. The first-order valence-corrected chi connectivity index (χ1v) is 14.6. The molecule has 2 aliphatic heterocycles. The molecule has 0 bridgehead atoms. The van der Waals surface area contributed by atoms with E-state index in [0.29, 0.717) is 49.3 Å². The number of imide groups is 1. The van der Waals surface area contributed by atoms with Gasteiger partial charge in [-0.25, -0.2) is 9.78 Å². The van der Waals surface area contributed by atoms with Crippen molar-refractivity contribution < 1.29 is 44.7 Å². The molecule has 6 atom stereocenters. The van der Waals surface area contributed by atoms with Crippen molar-refractivity contribution in [1.82, 2.24) is 24.4 Å². The lowest BCUT2D eigenvalue weighted by molar-refractivity contribution is -0.249. The second-order valence-corrected chi connectivity index (χ2v) is 11.6. The highest BCUT2D eigenvalue weighted by Gasteiger charge is 2.49. The number of carboxylic acids is 1. The topological polar surface area (TPSA) is 214 Å². The Morgan fingerprint density at radius 2 is 1.63 bits per heavy atom. The van der Waals surface area contributed by atoms with E-state index >= 15 is 0 Å². The highest BCUT2D eigenvalue weighted by Crippen LogP contribution is 2.47. The largest absolute Gasteiger partial charge is 0.480 e. The summed E-state index contributed by atoms with van der Waals surface area (Å²) in [4.78, 5) is 52.4. The lowest BCUT2D eigenvalue weighted by Crippen LogP contribution is -2.56. The zero-order valence-electron chi connectivity index (χ0n) is 23.9. The Morgan fingerprint density at radius 3 is 2.33 bits per heavy atom. The summed E-state index contributed by atoms with van der Waals surface area (Å²) >= 11 is 0. The molecule has 14 heteroatoms. The molecule has 14 nitrogen and oxygen atoms in total. The fourth-order valence-electron chi connectivity index (χ4n) is 7.09. The summed E-state index contributed by atoms with van der Waals surface area (Å²) in [5.74, 6) is -2.95. The van der Waals surface area contributed by atoms with Gasteiger partial charge in [0.15, 0.2) is 6.23 Å². The van der Waals surface area contributed by atoms with Gasteiger partial charge < -0.3 is 44.8 Å². The van der Waals surface area contributed by atoms with E-state index in [-0.39, 0.29) is 17.5 Å². The maximum absolute atomic E-state index is 14.5. The Kier molecular flexibility index (Phi) is 6.29. The molecule has 3 aromatic heterocycles. The molecule has 7 N–H and O–H groups in total. The Bertz CT molecular complexity index is 2220. The molecule has 8 rings (SSSR count). The van der Waals surface area contributed by atoms with Crippen molar-refractivity contribution in [3.63, 3.8) is 0 Å². The van der Waals surface area contributed by atoms with Gasteiger partial charge in [0.25, 0.3) is 11.8 Å². The summed E-state index contributed by atoms with van der Waals surface area (Å²) in [6.45, 7) is -0.648. The molecule has 2 amide bonds. The fraction of sp³-hybridized carbons (Fsp3) is 0.250. The average Bonchev–Trinajstić information content (AvgIpc) is 3.83. The minimum Gasteiger partial charge on any atom is -0.480 e. The van der Waals surface area contributed by atoms with E-state index in [2.05, 4.69) is 15.0 Å². The number of aromatic nitrogens is 4. The van der Waals surface area contributed by atoms with Gasteiger partial charge in [-0.15, -0.1) is 0 Å². The van der Waals surface area contributed by atoms with Crippen LogP contribution in [0.1, 0.15) is 32.6 Å². The van der Waals surface area contributed by atoms with Crippen molar-refractivity contribution in [3.05, 3.63) is 77.9 Å². The van der Waals surface area contributed by atoms with Crippen LogP contribution in [0.3, 0.4) is 0 Å². The Balaban J connectivity index is 1.48. The van der Waals surface area contributed by atoms with Gasteiger partial charge in [-0.3, -0.25) is 14.5 Å². The number of carbonyl (C=O) groups is 3. The first kappa shape index (κ1) is 28.4. The summed E-state index contributed by atoms with van der Waals surface area (Å²) in [6.07, 6.45) is -4.90. The van der Waals surface area contributed by atoms with Gasteiger partial charge in [0, 0.05) is 45.4 Å². The van der Waals surface area contributed by atoms with E-state index in [0.717, 1.165) is 4.90 Å². The monoisotopic (exact) mass is 625 g/mol. The Hall–Kier alpha value is -5.12. The van der Waals surface area contributed by atoms with Crippen molar-refractivity contribution >= 4 is 61.4 Å². The molecule has 1 saturated heterocycles. The van der Waals surface area contributed by atoms with Gasteiger partial charge in [-0.05, 0) is 12.1 Å². The molecule has 0 spiro atoms. The number of hydrogen-bond donors (Lipinski definition) is 7. The quantitative estimate of drug-likeness (QED) is 0.132. The standard InChI is InChI=1S/C32H27N5O9/c38-11-19-26(39)27(40)28(41)31(46-19)36-17-8-4-2-6-15(17)21-23-22(20-14-5-1-3-7-16(14)35-24(20)25(21)36)29(42)37(30(23)43)18(32(44)45)9-13-10-33-12-34-13/h1-8,10,12,18-19,26-28,31,35,38-41H,9,11H2,(H,33,34)(H,44,45)/t18-,19+,26+,27-,28+,31+/m0/s1. The van der Waals surface area contributed by atoms with Crippen LogP contribution in [-0.2, 0) is 16.0 Å². The lowest BCUT2D eigenvalue weighted by atomic mass is 9.96. The summed E-state index contributed by atoms with van der Waals surface area (Å²) in [5, 5.41) is 54.5. The number of imidazole rings is 1. The molecule has 2 aliphatic rings. The number of aromatic amines is 2.